The van der Waals surface area contributed by atoms with E-state index in [-0.39, 0.29) is 30.5 Å². The average Bonchev–Trinajstić information content (AvgIpc) is 3.09. The molecular weight excluding hydrogens is 360 g/mol. The molecule has 0 saturated carbocycles. The summed E-state index contributed by atoms with van der Waals surface area (Å²) in [6.45, 7) is 6.52. The molecule has 1 aromatic carbocycles. The van der Waals surface area contributed by atoms with Crippen LogP contribution in [0.1, 0.15) is 50.4 Å². The molecular formula is C21H28N2O5. The standard InChI is InChI=1S/C21H28N2O5/c1-14(2)18-13-27-21(26)23(18)19(24)15(3)17-11-7-8-12-22(17)28-20(25)16-9-5-4-6-10-16/h4-6,9-10,14-15,17-18H,7-8,11-13H2,1-3H3/t15-,17-,18+/m0/s1. The highest BCUT2D eigenvalue weighted by Crippen LogP contribution is 2.29. The number of piperidine rings is 1. The van der Waals surface area contributed by atoms with E-state index in [0.29, 0.717) is 12.1 Å². The van der Waals surface area contributed by atoms with Crippen LogP contribution in [0.4, 0.5) is 4.79 Å². The highest BCUT2D eigenvalue weighted by molar-refractivity contribution is 5.95. The van der Waals surface area contributed by atoms with Gasteiger partial charge in [-0.3, -0.25) is 4.79 Å². The Morgan fingerprint density at radius 1 is 1.11 bits per heavy atom. The van der Waals surface area contributed by atoms with Crippen LogP contribution in [-0.4, -0.2) is 53.2 Å². The molecule has 0 N–H and O–H groups in total. The molecule has 28 heavy (non-hydrogen) atoms. The normalized spacial score (nSPS) is 24.1. The van der Waals surface area contributed by atoms with Gasteiger partial charge in [-0.25, -0.2) is 14.5 Å². The van der Waals surface area contributed by atoms with Gasteiger partial charge in [0.2, 0.25) is 5.91 Å². The molecule has 2 aliphatic heterocycles. The number of nitrogens with zero attached hydrogens (tertiary/aromatic N) is 2. The number of ether oxygens (including phenoxy) is 1. The minimum absolute atomic E-state index is 0.112. The molecule has 0 bridgehead atoms. The van der Waals surface area contributed by atoms with Gasteiger partial charge in [0.15, 0.2) is 0 Å². The summed E-state index contributed by atoms with van der Waals surface area (Å²) in [4.78, 5) is 44.6. The lowest BCUT2D eigenvalue weighted by atomic mass is 9.91. The Kier molecular flexibility index (Phi) is 6.34. The minimum atomic E-state index is -0.584. The second kappa shape index (κ2) is 8.73. The van der Waals surface area contributed by atoms with Crippen LogP contribution in [0.2, 0.25) is 0 Å². The van der Waals surface area contributed by atoms with Crippen molar-refractivity contribution in [2.24, 2.45) is 11.8 Å². The molecule has 1 aromatic rings. The highest BCUT2D eigenvalue weighted by Gasteiger charge is 2.44. The van der Waals surface area contributed by atoms with Crippen molar-refractivity contribution >= 4 is 18.0 Å². The topological polar surface area (TPSA) is 76.2 Å². The van der Waals surface area contributed by atoms with Crippen LogP contribution in [0.3, 0.4) is 0 Å². The van der Waals surface area contributed by atoms with E-state index in [1.165, 1.54) is 4.90 Å². The quantitative estimate of drug-likeness (QED) is 0.771. The summed E-state index contributed by atoms with van der Waals surface area (Å²) < 4.78 is 5.11. The Balaban J connectivity index is 1.73. The fourth-order valence-electron chi connectivity index (χ4n) is 3.84. The smallest absolute Gasteiger partial charge is 0.416 e. The molecule has 3 atom stereocenters. The minimum Gasteiger partial charge on any atom is -0.447 e. The van der Waals surface area contributed by atoms with Crippen LogP contribution in [0, 0.1) is 11.8 Å². The Labute approximate surface area is 165 Å². The zero-order chi connectivity index (χ0) is 20.3. The largest absolute Gasteiger partial charge is 0.447 e. The fraction of sp³-hybridized carbons (Fsp3) is 0.571. The maximum absolute atomic E-state index is 13.1. The van der Waals surface area contributed by atoms with Crippen LogP contribution >= 0.6 is 0 Å². The monoisotopic (exact) mass is 388 g/mol. The lowest BCUT2D eigenvalue weighted by Gasteiger charge is -2.38. The number of imide groups is 1. The van der Waals surface area contributed by atoms with Gasteiger partial charge in [0, 0.05) is 6.54 Å². The summed E-state index contributed by atoms with van der Waals surface area (Å²) >= 11 is 0. The number of hydrogen-bond acceptors (Lipinski definition) is 6. The maximum Gasteiger partial charge on any atom is 0.416 e. The molecule has 7 nitrogen and oxygen atoms in total. The number of cyclic esters (lactones) is 1. The molecule has 7 heteroatoms. The SMILES string of the molecule is CC(C)[C@H]1COC(=O)N1C(=O)[C@@H](C)[C@@H]1CCCCN1OC(=O)c1ccccc1. The lowest BCUT2D eigenvalue weighted by Crippen LogP contribution is -2.52. The third kappa shape index (κ3) is 4.19. The molecule has 2 aliphatic rings. The second-order valence-corrected chi connectivity index (χ2v) is 7.83. The summed E-state index contributed by atoms with van der Waals surface area (Å²) in [6.07, 6.45) is 1.98. The van der Waals surface area contributed by atoms with E-state index < -0.39 is 18.0 Å². The molecule has 3 rings (SSSR count). The molecule has 2 amide bonds. The predicted octanol–water partition coefficient (Wildman–Crippen LogP) is 3.25. The molecule has 2 saturated heterocycles. The van der Waals surface area contributed by atoms with Crippen molar-refractivity contribution in [1.29, 1.82) is 0 Å². The van der Waals surface area contributed by atoms with Gasteiger partial charge >= 0.3 is 12.1 Å². The van der Waals surface area contributed by atoms with E-state index >= 15 is 0 Å². The Morgan fingerprint density at radius 2 is 1.82 bits per heavy atom. The van der Waals surface area contributed by atoms with Gasteiger partial charge in [-0.05, 0) is 30.9 Å². The number of carbonyl (C=O) groups is 3. The summed E-state index contributed by atoms with van der Waals surface area (Å²) in [6, 6.07) is 8.26. The zero-order valence-electron chi connectivity index (χ0n) is 16.7. The van der Waals surface area contributed by atoms with E-state index in [0.717, 1.165) is 19.3 Å². The van der Waals surface area contributed by atoms with E-state index in [2.05, 4.69) is 0 Å². The van der Waals surface area contributed by atoms with E-state index in [1.54, 1.807) is 36.3 Å². The average molecular weight is 388 g/mol. The molecule has 2 fully saturated rings. The number of benzene rings is 1. The van der Waals surface area contributed by atoms with Gasteiger partial charge in [-0.2, -0.15) is 0 Å². The molecule has 0 spiro atoms. The molecule has 0 radical (unpaired) electrons. The lowest BCUT2D eigenvalue weighted by molar-refractivity contribution is -0.171. The van der Waals surface area contributed by atoms with Crippen molar-refractivity contribution < 1.29 is 24.0 Å². The molecule has 152 valence electrons. The number of carbonyl (C=O) groups excluding carboxylic acids is 3. The van der Waals surface area contributed by atoms with Crippen molar-refractivity contribution in [2.75, 3.05) is 13.2 Å². The van der Waals surface area contributed by atoms with E-state index in [4.69, 9.17) is 9.57 Å². The predicted molar refractivity (Wildman–Crippen MR) is 102 cm³/mol. The van der Waals surface area contributed by atoms with Crippen LogP contribution in [0.15, 0.2) is 30.3 Å². The number of amides is 2. The van der Waals surface area contributed by atoms with Gasteiger partial charge < -0.3 is 9.57 Å². The summed E-state index contributed by atoms with van der Waals surface area (Å²) in [5, 5.41) is 1.62. The highest BCUT2D eigenvalue weighted by atomic mass is 16.7. The van der Waals surface area contributed by atoms with Crippen LogP contribution < -0.4 is 0 Å². The number of rotatable bonds is 5. The van der Waals surface area contributed by atoms with Crippen molar-refractivity contribution in [3.63, 3.8) is 0 Å². The molecule has 0 aliphatic carbocycles. The van der Waals surface area contributed by atoms with Gasteiger partial charge in [0.1, 0.15) is 6.61 Å². The van der Waals surface area contributed by atoms with Gasteiger partial charge in [-0.15, -0.1) is 5.06 Å². The van der Waals surface area contributed by atoms with E-state index in [9.17, 15) is 14.4 Å². The van der Waals surface area contributed by atoms with Gasteiger partial charge in [-0.1, -0.05) is 45.4 Å². The van der Waals surface area contributed by atoms with Gasteiger partial charge in [0.05, 0.1) is 23.6 Å². The second-order valence-electron chi connectivity index (χ2n) is 7.83. The summed E-state index contributed by atoms with van der Waals surface area (Å²) in [5.41, 5.74) is 0.466. The Hall–Kier alpha value is -2.41. The summed E-state index contributed by atoms with van der Waals surface area (Å²) in [7, 11) is 0. The summed E-state index contributed by atoms with van der Waals surface area (Å²) in [5.74, 6) is -1.08. The number of hydrogen-bond donors (Lipinski definition) is 0. The van der Waals surface area contributed by atoms with Crippen LogP contribution in [0.25, 0.3) is 0 Å². The third-order valence-corrected chi connectivity index (χ3v) is 5.59. The van der Waals surface area contributed by atoms with Gasteiger partial charge in [0.25, 0.3) is 0 Å². The first-order chi connectivity index (χ1) is 13.4. The van der Waals surface area contributed by atoms with Crippen LogP contribution in [-0.2, 0) is 14.4 Å². The van der Waals surface area contributed by atoms with Crippen molar-refractivity contribution in [2.45, 2.75) is 52.1 Å². The molecule has 0 aromatic heterocycles. The first kappa shape index (κ1) is 20.3. The zero-order valence-corrected chi connectivity index (χ0v) is 16.7. The fourth-order valence-corrected chi connectivity index (χ4v) is 3.84. The first-order valence-electron chi connectivity index (χ1n) is 9.94. The third-order valence-electron chi connectivity index (χ3n) is 5.59. The van der Waals surface area contributed by atoms with E-state index in [1.807, 2.05) is 19.9 Å². The Bertz CT molecular complexity index is 721. The van der Waals surface area contributed by atoms with Crippen LogP contribution in [0.5, 0.6) is 0 Å². The molecule has 2 heterocycles. The number of hydroxylamine groups is 2. The van der Waals surface area contributed by atoms with Crippen molar-refractivity contribution in [3.8, 4) is 0 Å². The van der Waals surface area contributed by atoms with Crippen molar-refractivity contribution in [1.82, 2.24) is 9.96 Å². The van der Waals surface area contributed by atoms with Crippen molar-refractivity contribution in [3.05, 3.63) is 35.9 Å². The molecule has 0 unspecified atom stereocenters. The Morgan fingerprint density at radius 3 is 2.50 bits per heavy atom. The maximum atomic E-state index is 13.1. The first-order valence-corrected chi connectivity index (χ1v) is 9.94.